The summed E-state index contributed by atoms with van der Waals surface area (Å²) in [6.45, 7) is 2.20. The van der Waals surface area contributed by atoms with Gasteiger partial charge in [-0.3, -0.25) is 4.79 Å². The van der Waals surface area contributed by atoms with E-state index in [0.717, 1.165) is 41.7 Å². The molecule has 0 heterocycles. The Balaban J connectivity index is 2.37. The molecule has 1 aliphatic rings. The molecule has 0 spiro atoms. The highest BCUT2D eigenvalue weighted by Crippen LogP contribution is 2.34. The monoisotopic (exact) mass is 234 g/mol. The van der Waals surface area contributed by atoms with Crippen molar-refractivity contribution in [1.29, 1.82) is 0 Å². The molecule has 0 bridgehead atoms. The van der Waals surface area contributed by atoms with Crippen LogP contribution in [0.4, 0.5) is 0 Å². The van der Waals surface area contributed by atoms with Crippen LogP contribution in [0.2, 0.25) is 5.02 Å². The number of carbonyl (C=O) groups is 1. The zero-order chi connectivity index (χ0) is 11.5. The lowest BCUT2D eigenvalue weighted by molar-refractivity contribution is -0.105. The highest BCUT2D eigenvalue weighted by Gasteiger charge is 2.18. The van der Waals surface area contributed by atoms with E-state index in [0.29, 0.717) is 5.92 Å². The molecule has 0 aliphatic heterocycles. The van der Waals surface area contributed by atoms with Gasteiger partial charge in [-0.1, -0.05) is 30.7 Å². The van der Waals surface area contributed by atoms with E-state index >= 15 is 0 Å². The van der Waals surface area contributed by atoms with Crippen molar-refractivity contribution in [2.75, 3.05) is 0 Å². The molecule has 0 amide bonds. The van der Waals surface area contributed by atoms with Crippen molar-refractivity contribution in [3.05, 3.63) is 40.4 Å². The average Bonchev–Trinajstić information content (AvgIpc) is 2.30. The van der Waals surface area contributed by atoms with E-state index in [1.54, 1.807) is 0 Å². The third-order valence-electron chi connectivity index (χ3n) is 3.18. The van der Waals surface area contributed by atoms with Crippen LogP contribution in [0.5, 0.6) is 0 Å². The van der Waals surface area contributed by atoms with Gasteiger partial charge in [0.2, 0.25) is 0 Å². The van der Waals surface area contributed by atoms with Crippen LogP contribution in [0.15, 0.2) is 29.8 Å². The first-order chi connectivity index (χ1) is 7.70. The van der Waals surface area contributed by atoms with Gasteiger partial charge in [0, 0.05) is 5.02 Å². The summed E-state index contributed by atoms with van der Waals surface area (Å²) in [5, 5.41) is 0.737. The maximum absolute atomic E-state index is 11.1. The van der Waals surface area contributed by atoms with Gasteiger partial charge in [-0.25, -0.2) is 0 Å². The minimum atomic E-state index is 0.622. The van der Waals surface area contributed by atoms with E-state index in [1.807, 2.05) is 24.3 Å². The van der Waals surface area contributed by atoms with E-state index in [9.17, 15) is 4.79 Å². The summed E-state index contributed by atoms with van der Waals surface area (Å²) < 4.78 is 0. The second kappa shape index (κ2) is 4.84. The molecule has 1 nitrogen and oxygen atoms in total. The van der Waals surface area contributed by atoms with Crippen LogP contribution < -0.4 is 0 Å². The summed E-state index contributed by atoms with van der Waals surface area (Å²) in [6.07, 6.45) is 4.08. The number of allylic oxidation sites excluding steroid dienone is 2. The third kappa shape index (κ3) is 2.35. The molecular weight excluding hydrogens is 220 g/mol. The van der Waals surface area contributed by atoms with E-state index in [-0.39, 0.29) is 0 Å². The molecule has 0 saturated carbocycles. The standard InChI is InChI=1S/C14H15ClO/c1-10-2-7-14(12(8-10)9-16)11-3-5-13(15)6-4-11/h3-6,9-10H,2,7-8H2,1H3. The first-order valence-corrected chi connectivity index (χ1v) is 6.01. The van der Waals surface area contributed by atoms with Crippen LogP contribution in [-0.4, -0.2) is 6.29 Å². The number of halogens is 1. The Kier molecular flexibility index (Phi) is 3.45. The minimum Gasteiger partial charge on any atom is -0.298 e. The van der Waals surface area contributed by atoms with Gasteiger partial charge in [-0.05, 0) is 54.0 Å². The summed E-state index contributed by atoms with van der Waals surface area (Å²) >= 11 is 5.86. The first-order valence-electron chi connectivity index (χ1n) is 5.64. The molecule has 0 saturated heterocycles. The molecule has 1 aromatic carbocycles. The number of hydrogen-bond donors (Lipinski definition) is 0. The number of carbonyl (C=O) groups excluding carboxylic acids is 1. The van der Waals surface area contributed by atoms with E-state index in [4.69, 9.17) is 11.6 Å². The Morgan fingerprint density at radius 1 is 1.31 bits per heavy atom. The molecule has 84 valence electrons. The minimum absolute atomic E-state index is 0.622. The van der Waals surface area contributed by atoms with Crippen molar-refractivity contribution < 1.29 is 4.79 Å². The Hall–Kier alpha value is -1.08. The topological polar surface area (TPSA) is 17.1 Å². The highest BCUT2D eigenvalue weighted by atomic mass is 35.5. The van der Waals surface area contributed by atoms with Crippen molar-refractivity contribution in [2.45, 2.75) is 26.2 Å². The van der Waals surface area contributed by atoms with Crippen LogP contribution in [0.3, 0.4) is 0 Å². The first kappa shape index (κ1) is 11.4. The zero-order valence-corrected chi connectivity index (χ0v) is 10.1. The Morgan fingerprint density at radius 2 is 2.00 bits per heavy atom. The van der Waals surface area contributed by atoms with Gasteiger partial charge in [-0.2, -0.15) is 0 Å². The van der Waals surface area contributed by atoms with Crippen molar-refractivity contribution in [2.24, 2.45) is 5.92 Å². The van der Waals surface area contributed by atoms with Gasteiger partial charge in [0.05, 0.1) is 0 Å². The summed E-state index contributed by atoms with van der Waals surface area (Å²) in [4.78, 5) is 11.1. The summed E-state index contributed by atoms with van der Waals surface area (Å²) in [5.41, 5.74) is 3.30. The Labute approximate surface area is 101 Å². The molecule has 0 fully saturated rings. The second-order valence-corrected chi connectivity index (χ2v) is 4.91. The van der Waals surface area contributed by atoms with Crippen LogP contribution >= 0.6 is 11.6 Å². The predicted molar refractivity (Wildman–Crippen MR) is 67.5 cm³/mol. The fraction of sp³-hybridized carbons (Fsp3) is 0.357. The fourth-order valence-corrected chi connectivity index (χ4v) is 2.38. The van der Waals surface area contributed by atoms with Crippen molar-refractivity contribution >= 4 is 23.5 Å². The Morgan fingerprint density at radius 3 is 2.62 bits per heavy atom. The lowest BCUT2D eigenvalue weighted by Crippen LogP contribution is -2.08. The molecule has 2 rings (SSSR count). The smallest absolute Gasteiger partial charge is 0.146 e. The molecule has 2 heteroatoms. The van der Waals surface area contributed by atoms with Gasteiger partial charge >= 0.3 is 0 Å². The summed E-state index contributed by atoms with van der Waals surface area (Å²) in [6, 6.07) is 7.75. The lowest BCUT2D eigenvalue weighted by atomic mass is 9.82. The molecule has 1 aliphatic carbocycles. The van der Waals surface area contributed by atoms with Crippen molar-refractivity contribution in [1.82, 2.24) is 0 Å². The van der Waals surface area contributed by atoms with Crippen LogP contribution in [-0.2, 0) is 4.79 Å². The number of aldehydes is 1. The highest BCUT2D eigenvalue weighted by molar-refractivity contribution is 6.30. The molecule has 0 radical (unpaired) electrons. The second-order valence-electron chi connectivity index (χ2n) is 4.48. The molecule has 0 aromatic heterocycles. The van der Waals surface area contributed by atoms with Crippen LogP contribution in [0.1, 0.15) is 31.7 Å². The van der Waals surface area contributed by atoms with Gasteiger partial charge in [0.1, 0.15) is 6.29 Å². The zero-order valence-electron chi connectivity index (χ0n) is 9.37. The molecule has 0 N–H and O–H groups in total. The summed E-state index contributed by atoms with van der Waals surface area (Å²) in [5.74, 6) is 0.622. The fourth-order valence-electron chi connectivity index (χ4n) is 2.25. The largest absolute Gasteiger partial charge is 0.298 e. The van der Waals surface area contributed by atoms with Gasteiger partial charge < -0.3 is 0 Å². The number of hydrogen-bond acceptors (Lipinski definition) is 1. The van der Waals surface area contributed by atoms with Crippen molar-refractivity contribution in [3.8, 4) is 0 Å². The summed E-state index contributed by atoms with van der Waals surface area (Å²) in [7, 11) is 0. The molecule has 16 heavy (non-hydrogen) atoms. The molecular formula is C14H15ClO. The van der Waals surface area contributed by atoms with Crippen LogP contribution in [0, 0.1) is 5.92 Å². The van der Waals surface area contributed by atoms with Gasteiger partial charge in [0.25, 0.3) is 0 Å². The van der Waals surface area contributed by atoms with Crippen molar-refractivity contribution in [3.63, 3.8) is 0 Å². The van der Waals surface area contributed by atoms with Crippen LogP contribution in [0.25, 0.3) is 5.57 Å². The molecule has 1 unspecified atom stereocenters. The SMILES string of the molecule is CC1CCC(c2ccc(Cl)cc2)=C(C=O)C1. The molecule has 1 atom stereocenters. The van der Waals surface area contributed by atoms with Gasteiger partial charge in [-0.15, -0.1) is 0 Å². The quantitative estimate of drug-likeness (QED) is 0.704. The maximum Gasteiger partial charge on any atom is 0.146 e. The number of rotatable bonds is 2. The average molecular weight is 235 g/mol. The lowest BCUT2D eigenvalue weighted by Gasteiger charge is -2.22. The van der Waals surface area contributed by atoms with E-state index in [2.05, 4.69) is 6.92 Å². The predicted octanol–water partition coefficient (Wildman–Crippen LogP) is 4.11. The normalized spacial score (nSPS) is 21.0. The number of benzene rings is 1. The Bertz CT molecular complexity index is 417. The van der Waals surface area contributed by atoms with E-state index in [1.165, 1.54) is 5.57 Å². The third-order valence-corrected chi connectivity index (χ3v) is 3.43. The molecule has 1 aromatic rings. The maximum atomic E-state index is 11.1. The van der Waals surface area contributed by atoms with Gasteiger partial charge in [0.15, 0.2) is 0 Å². The van der Waals surface area contributed by atoms with E-state index < -0.39 is 0 Å².